The first-order valence-corrected chi connectivity index (χ1v) is 14.9. The molecule has 1 N–H and O–H groups in total. The minimum Gasteiger partial charge on any atom is -0.392 e. The van der Waals surface area contributed by atoms with Gasteiger partial charge in [-0.1, -0.05) is 39.0 Å². The standard InChI is InChI=1S/C28H39N3O2S2/c1-18(27(33)31-14-12-30(4)13-15-31)21-10-11-28(3)16-22-25(19(2)24(28)26(21)32)29-23(35-22)17-34-20-8-6-5-7-9-20/h5-9,18-19,21,24,26,32H,10-17H2,1-4H3/t18-,19-,21-,24+,26-,28-/m0/s1. The number of thioether (sulfide) groups is 1. The van der Waals surface area contributed by atoms with Crippen LogP contribution < -0.4 is 0 Å². The van der Waals surface area contributed by atoms with Crippen LogP contribution in [0.2, 0.25) is 0 Å². The molecule has 1 amide bonds. The Kier molecular flexibility index (Phi) is 7.33. The van der Waals surface area contributed by atoms with E-state index in [-0.39, 0.29) is 35.0 Å². The Morgan fingerprint density at radius 2 is 1.97 bits per heavy atom. The Balaban J connectivity index is 1.30. The molecule has 7 heteroatoms. The van der Waals surface area contributed by atoms with Gasteiger partial charge >= 0.3 is 0 Å². The third-order valence-corrected chi connectivity index (χ3v) is 11.2. The Labute approximate surface area is 218 Å². The van der Waals surface area contributed by atoms with E-state index in [9.17, 15) is 9.90 Å². The molecule has 2 fully saturated rings. The second kappa shape index (κ2) is 10.2. The van der Waals surface area contributed by atoms with Gasteiger partial charge < -0.3 is 14.9 Å². The Morgan fingerprint density at radius 1 is 1.26 bits per heavy atom. The average Bonchev–Trinajstić information content (AvgIpc) is 3.25. The minimum atomic E-state index is -0.466. The smallest absolute Gasteiger partial charge is 0.225 e. The molecule has 2 heterocycles. The van der Waals surface area contributed by atoms with Gasteiger partial charge in [0.15, 0.2) is 0 Å². The lowest BCUT2D eigenvalue weighted by molar-refractivity contribution is -0.146. The highest BCUT2D eigenvalue weighted by Gasteiger charge is 2.54. The van der Waals surface area contributed by atoms with Crippen LogP contribution in [0.1, 0.15) is 55.1 Å². The molecule has 5 rings (SSSR count). The van der Waals surface area contributed by atoms with Gasteiger partial charge in [-0.25, -0.2) is 4.98 Å². The Morgan fingerprint density at radius 3 is 2.69 bits per heavy atom. The van der Waals surface area contributed by atoms with Crippen LogP contribution in [0.5, 0.6) is 0 Å². The molecule has 35 heavy (non-hydrogen) atoms. The van der Waals surface area contributed by atoms with E-state index in [2.05, 4.69) is 63.1 Å². The molecule has 2 aromatic rings. The number of nitrogens with zero attached hydrogens (tertiary/aromatic N) is 3. The van der Waals surface area contributed by atoms with Crippen LogP contribution in [0, 0.1) is 23.2 Å². The van der Waals surface area contributed by atoms with Gasteiger partial charge in [0.1, 0.15) is 5.01 Å². The predicted octanol–water partition coefficient (Wildman–Crippen LogP) is 4.90. The van der Waals surface area contributed by atoms with Crippen molar-refractivity contribution in [2.24, 2.45) is 23.2 Å². The van der Waals surface area contributed by atoms with Crippen LogP contribution in [0.25, 0.3) is 0 Å². The van der Waals surface area contributed by atoms with Gasteiger partial charge in [-0.3, -0.25) is 4.79 Å². The quantitative estimate of drug-likeness (QED) is 0.577. The highest BCUT2D eigenvalue weighted by Crippen LogP contribution is 2.57. The summed E-state index contributed by atoms with van der Waals surface area (Å²) in [6, 6.07) is 10.5. The molecule has 0 radical (unpaired) electrons. The Bertz CT molecular complexity index is 1040. The van der Waals surface area contributed by atoms with E-state index in [1.807, 2.05) is 28.0 Å². The average molecular weight is 514 g/mol. The number of thiazole rings is 1. The SMILES string of the molecule is C[C@H](C(=O)N1CCN(C)CC1)[C@@H]1CC[C@@]2(C)Cc3sc(CSc4ccccc4)nc3[C@@H](C)[C@@H]2[C@H]1O. The zero-order chi connectivity index (χ0) is 24.7. The summed E-state index contributed by atoms with van der Waals surface area (Å²) in [5.41, 5.74) is 1.26. The van der Waals surface area contributed by atoms with E-state index >= 15 is 0 Å². The van der Waals surface area contributed by atoms with Gasteiger partial charge in [-0.2, -0.15) is 0 Å². The first-order valence-electron chi connectivity index (χ1n) is 13.1. The molecule has 1 aromatic carbocycles. The van der Waals surface area contributed by atoms with Crippen molar-refractivity contribution in [3.63, 3.8) is 0 Å². The fourth-order valence-electron chi connectivity index (χ4n) is 6.82. The van der Waals surface area contributed by atoms with E-state index in [4.69, 9.17) is 4.98 Å². The molecule has 5 nitrogen and oxygen atoms in total. The number of hydrogen-bond donors (Lipinski definition) is 1. The zero-order valence-corrected chi connectivity index (χ0v) is 23.1. The lowest BCUT2D eigenvalue weighted by Crippen LogP contribution is -2.55. The predicted molar refractivity (Wildman–Crippen MR) is 144 cm³/mol. The molecule has 3 aliphatic rings. The maximum atomic E-state index is 13.3. The van der Waals surface area contributed by atoms with Crippen molar-refractivity contribution in [3.8, 4) is 0 Å². The summed E-state index contributed by atoms with van der Waals surface area (Å²) >= 11 is 3.70. The maximum Gasteiger partial charge on any atom is 0.225 e. The number of aliphatic hydroxyl groups excluding tert-OH is 1. The third-order valence-electron chi connectivity index (χ3n) is 8.92. The number of rotatable bonds is 5. The molecule has 1 aliphatic heterocycles. The normalized spacial score (nSPS) is 32.1. The third kappa shape index (κ3) is 4.94. The van der Waals surface area contributed by atoms with Crippen LogP contribution in [0.3, 0.4) is 0 Å². The van der Waals surface area contributed by atoms with Crippen LogP contribution in [-0.2, 0) is 17.0 Å². The highest BCUT2D eigenvalue weighted by molar-refractivity contribution is 7.98. The summed E-state index contributed by atoms with van der Waals surface area (Å²) in [6.45, 7) is 10.1. The van der Waals surface area contributed by atoms with Crippen LogP contribution in [0.4, 0.5) is 0 Å². The summed E-state index contributed by atoms with van der Waals surface area (Å²) in [6.07, 6.45) is 2.52. The second-order valence-corrected chi connectivity index (χ2v) is 13.5. The summed E-state index contributed by atoms with van der Waals surface area (Å²) in [7, 11) is 2.11. The molecular formula is C28H39N3O2S2. The Hall–Kier alpha value is -1.41. The van der Waals surface area contributed by atoms with Crippen LogP contribution >= 0.6 is 23.1 Å². The van der Waals surface area contributed by atoms with E-state index in [0.717, 1.165) is 51.2 Å². The number of carbonyl (C=O) groups is 1. The van der Waals surface area contributed by atoms with Gasteiger partial charge in [-0.15, -0.1) is 23.1 Å². The fourth-order valence-corrected chi connectivity index (χ4v) is 9.10. The summed E-state index contributed by atoms with van der Waals surface area (Å²) in [5, 5.41) is 12.9. The lowest BCUT2D eigenvalue weighted by atomic mass is 9.53. The summed E-state index contributed by atoms with van der Waals surface area (Å²) in [4.78, 5) is 25.4. The monoisotopic (exact) mass is 513 g/mol. The fraction of sp³-hybridized carbons (Fsp3) is 0.643. The largest absolute Gasteiger partial charge is 0.392 e. The molecule has 0 bridgehead atoms. The summed E-state index contributed by atoms with van der Waals surface area (Å²) in [5.74, 6) is 1.35. The van der Waals surface area contributed by atoms with Crippen molar-refractivity contribution < 1.29 is 9.90 Å². The van der Waals surface area contributed by atoms with E-state index in [1.54, 1.807) is 0 Å². The number of aliphatic hydroxyl groups is 1. The van der Waals surface area contributed by atoms with Crippen molar-refractivity contribution in [1.29, 1.82) is 0 Å². The number of piperazine rings is 1. The number of fused-ring (bicyclic) bond motifs is 2. The number of amides is 1. The van der Waals surface area contributed by atoms with Crippen LogP contribution in [-0.4, -0.2) is 65.1 Å². The van der Waals surface area contributed by atoms with Gasteiger partial charge in [0, 0.05) is 47.8 Å². The number of likely N-dealkylation sites (N-methyl/N-ethyl adjacent to an activating group) is 1. The highest BCUT2D eigenvalue weighted by atomic mass is 32.2. The molecule has 1 aromatic heterocycles. The number of hydrogen-bond acceptors (Lipinski definition) is 6. The first kappa shape index (κ1) is 25.2. The topological polar surface area (TPSA) is 56.7 Å². The van der Waals surface area contributed by atoms with Crippen molar-refractivity contribution in [3.05, 3.63) is 45.9 Å². The minimum absolute atomic E-state index is 0.0240. The number of aromatic nitrogens is 1. The summed E-state index contributed by atoms with van der Waals surface area (Å²) < 4.78 is 0. The lowest BCUT2D eigenvalue weighted by Gasteiger charge is -2.53. The molecule has 1 saturated heterocycles. The molecule has 6 atom stereocenters. The van der Waals surface area contributed by atoms with Gasteiger partial charge in [0.05, 0.1) is 17.6 Å². The van der Waals surface area contributed by atoms with Crippen molar-refractivity contribution in [2.75, 3.05) is 33.2 Å². The van der Waals surface area contributed by atoms with E-state index in [0.29, 0.717) is 0 Å². The molecule has 190 valence electrons. The van der Waals surface area contributed by atoms with E-state index in [1.165, 1.54) is 20.5 Å². The molecular weight excluding hydrogens is 474 g/mol. The number of carbonyl (C=O) groups excluding carboxylic acids is 1. The molecule has 0 spiro atoms. The van der Waals surface area contributed by atoms with Crippen molar-refractivity contribution in [2.45, 2.75) is 62.7 Å². The number of benzene rings is 1. The van der Waals surface area contributed by atoms with Gasteiger partial charge in [0.2, 0.25) is 5.91 Å². The molecule has 2 aliphatic carbocycles. The van der Waals surface area contributed by atoms with E-state index < -0.39 is 6.10 Å². The maximum absolute atomic E-state index is 13.3. The van der Waals surface area contributed by atoms with Gasteiger partial charge in [0.25, 0.3) is 0 Å². The van der Waals surface area contributed by atoms with Crippen LogP contribution in [0.15, 0.2) is 35.2 Å². The van der Waals surface area contributed by atoms with Crippen molar-refractivity contribution >= 4 is 29.0 Å². The first-order chi connectivity index (χ1) is 16.8. The zero-order valence-electron chi connectivity index (χ0n) is 21.4. The second-order valence-electron chi connectivity index (χ2n) is 11.3. The molecule has 1 saturated carbocycles. The van der Waals surface area contributed by atoms with Crippen molar-refractivity contribution in [1.82, 2.24) is 14.8 Å². The molecule has 0 unspecified atom stereocenters. The van der Waals surface area contributed by atoms with Gasteiger partial charge in [-0.05, 0) is 55.7 Å².